The smallest absolute Gasteiger partial charge is 0.306 e. The summed E-state index contributed by atoms with van der Waals surface area (Å²) in [5, 5.41) is 11.8. The molecule has 460 valence electrons. The number of ether oxygens (including phenoxy) is 4. The molecule has 0 heterocycles. The van der Waals surface area contributed by atoms with Crippen molar-refractivity contribution in [1.82, 2.24) is 0 Å². The molecule has 0 aliphatic heterocycles. The largest absolute Gasteiger partial charge is 0.545 e. The molecule has 0 aromatic rings. The lowest BCUT2D eigenvalue weighted by Gasteiger charge is -2.26. The molecule has 0 bridgehead atoms. The van der Waals surface area contributed by atoms with Crippen LogP contribution in [-0.2, 0) is 33.3 Å². The minimum Gasteiger partial charge on any atom is -0.545 e. The number of unbranched alkanes of at least 4 members (excludes halogenated alkanes) is 37. The molecule has 0 radical (unpaired) electrons. The lowest BCUT2D eigenvalue weighted by molar-refractivity contribution is -0.870. The maximum atomic E-state index is 12.9. The molecule has 2 atom stereocenters. The summed E-state index contributed by atoms with van der Waals surface area (Å²) in [6.45, 7) is 4.68. The van der Waals surface area contributed by atoms with Crippen LogP contribution in [0.3, 0.4) is 0 Å². The second kappa shape index (κ2) is 61.1. The lowest BCUT2D eigenvalue weighted by Crippen LogP contribution is -2.44. The quantitative estimate of drug-likeness (QED) is 0.0195. The Hall–Kier alpha value is -3.01. The fraction of sp³-hybridized carbons (Fsp3) is 0.814. The Labute approximate surface area is 488 Å². The van der Waals surface area contributed by atoms with Gasteiger partial charge in [-0.05, 0) is 77.0 Å². The average molecular weight is 1110 g/mol. The van der Waals surface area contributed by atoms with Crippen LogP contribution in [0.15, 0.2) is 60.8 Å². The maximum absolute atomic E-state index is 12.9. The number of nitrogens with zero attached hydrogens (tertiary/aromatic N) is 1. The van der Waals surface area contributed by atoms with Gasteiger partial charge in [-0.3, -0.25) is 9.59 Å². The molecule has 0 saturated carbocycles. The van der Waals surface area contributed by atoms with E-state index in [0.29, 0.717) is 23.9 Å². The molecule has 79 heavy (non-hydrogen) atoms. The predicted molar refractivity (Wildman–Crippen MR) is 334 cm³/mol. The van der Waals surface area contributed by atoms with E-state index in [2.05, 4.69) is 74.6 Å². The third-order valence-electron chi connectivity index (χ3n) is 14.7. The molecule has 9 nitrogen and oxygen atoms in total. The van der Waals surface area contributed by atoms with E-state index in [-0.39, 0.29) is 32.2 Å². The van der Waals surface area contributed by atoms with Crippen molar-refractivity contribution in [3.63, 3.8) is 0 Å². The third-order valence-corrected chi connectivity index (χ3v) is 14.7. The Morgan fingerprint density at radius 2 is 0.722 bits per heavy atom. The molecular weight excluding hydrogens is 983 g/mol. The second-order valence-corrected chi connectivity index (χ2v) is 23.7. The number of carbonyl (C=O) groups excluding carboxylic acids is 3. The van der Waals surface area contributed by atoms with Gasteiger partial charge in [0.2, 0.25) is 0 Å². The zero-order valence-corrected chi connectivity index (χ0v) is 52.5. The second-order valence-electron chi connectivity index (χ2n) is 23.7. The minimum absolute atomic E-state index is 0.148. The van der Waals surface area contributed by atoms with Gasteiger partial charge in [-0.25, -0.2) is 0 Å². The summed E-state index contributed by atoms with van der Waals surface area (Å²) in [4.78, 5) is 37.4. The van der Waals surface area contributed by atoms with E-state index in [1.54, 1.807) is 0 Å². The zero-order valence-electron chi connectivity index (χ0n) is 52.5. The number of hydrogen-bond donors (Lipinski definition) is 0. The SMILES string of the molecule is CC/C=C\C/C=C\C/C=C\C/C=C\CCCCCCCCCCCCCCCCC(=O)OC(COC(=O)CCCCCCCCCCCCCCCCC/C=C\CCCCCCCCCC)COC(OCC[N+](C)(C)C)C(=O)[O-]. The number of likely N-dealkylation sites (N-methyl/N-ethyl adjacent to an activating group) is 1. The molecule has 0 N–H and O–H groups in total. The van der Waals surface area contributed by atoms with Crippen molar-refractivity contribution in [2.75, 3.05) is 47.5 Å². The van der Waals surface area contributed by atoms with Gasteiger partial charge in [0.1, 0.15) is 13.2 Å². The average Bonchev–Trinajstić information content (AvgIpc) is 3.42. The summed E-state index contributed by atoms with van der Waals surface area (Å²) in [5.41, 5.74) is 0. The summed E-state index contributed by atoms with van der Waals surface area (Å²) in [5.74, 6) is -2.27. The Balaban J connectivity index is 4.12. The monoisotopic (exact) mass is 1110 g/mol. The topological polar surface area (TPSA) is 111 Å². The molecule has 0 rings (SSSR count). The summed E-state index contributed by atoms with van der Waals surface area (Å²) in [6, 6.07) is 0. The van der Waals surface area contributed by atoms with Crippen LogP contribution in [0.4, 0.5) is 0 Å². The van der Waals surface area contributed by atoms with Crippen LogP contribution in [0.25, 0.3) is 0 Å². The van der Waals surface area contributed by atoms with Crippen molar-refractivity contribution in [3.05, 3.63) is 60.8 Å². The normalized spacial score (nSPS) is 13.1. The molecule has 2 unspecified atom stereocenters. The molecule has 0 aromatic heterocycles. The predicted octanol–water partition coefficient (Wildman–Crippen LogP) is 19.0. The fourth-order valence-corrected chi connectivity index (χ4v) is 9.64. The van der Waals surface area contributed by atoms with Crippen LogP contribution < -0.4 is 5.11 Å². The molecule has 0 fully saturated rings. The summed E-state index contributed by atoms with van der Waals surface area (Å²) in [7, 11) is 5.93. The highest BCUT2D eigenvalue weighted by atomic mass is 16.7. The number of carboxylic acids is 1. The van der Waals surface area contributed by atoms with Gasteiger partial charge >= 0.3 is 11.9 Å². The Morgan fingerprint density at radius 1 is 0.392 bits per heavy atom. The van der Waals surface area contributed by atoms with Crippen LogP contribution in [0.5, 0.6) is 0 Å². The first kappa shape index (κ1) is 76.0. The lowest BCUT2D eigenvalue weighted by atomic mass is 10.0. The van der Waals surface area contributed by atoms with E-state index in [1.165, 1.54) is 212 Å². The Bertz CT molecular complexity index is 1480. The van der Waals surface area contributed by atoms with E-state index in [0.717, 1.165) is 64.2 Å². The zero-order chi connectivity index (χ0) is 57.6. The van der Waals surface area contributed by atoms with Crippen LogP contribution >= 0.6 is 0 Å². The van der Waals surface area contributed by atoms with E-state index >= 15 is 0 Å². The number of esters is 2. The van der Waals surface area contributed by atoms with Crippen LogP contribution in [-0.4, -0.2) is 82.3 Å². The molecule has 9 heteroatoms. The van der Waals surface area contributed by atoms with E-state index in [9.17, 15) is 19.5 Å². The summed E-state index contributed by atoms with van der Waals surface area (Å²) >= 11 is 0. The van der Waals surface area contributed by atoms with Crippen molar-refractivity contribution >= 4 is 17.9 Å². The number of quaternary nitrogens is 1. The van der Waals surface area contributed by atoms with Crippen LogP contribution in [0.2, 0.25) is 0 Å². The van der Waals surface area contributed by atoms with Crippen LogP contribution in [0, 0.1) is 0 Å². The standard InChI is InChI=1S/C70H127NO8/c1-6-8-10-12-14-16-18-20-22-24-26-28-30-32-34-36-38-40-42-44-46-48-50-52-54-56-58-60-67(72)77-64-66(65-78-70(69(74)75)76-63-62-71(3,4)5)79-68(73)61-59-57-55-53-51-49-47-45-43-41-39-37-35-33-31-29-27-25-23-21-19-17-15-13-11-9-7-2/h9,11,15,17,21,23-24,26-27,29,66,70H,6-8,10,12-14,16,18-20,22,25,28,30-65H2,1-5H3/b11-9-,17-15-,23-21-,26-24-,29-27-. The molecule has 0 aliphatic carbocycles. The van der Waals surface area contributed by atoms with Gasteiger partial charge < -0.3 is 33.3 Å². The van der Waals surface area contributed by atoms with Gasteiger partial charge in [0.15, 0.2) is 12.4 Å². The van der Waals surface area contributed by atoms with Gasteiger partial charge in [0.05, 0.1) is 40.3 Å². The van der Waals surface area contributed by atoms with Crippen LogP contribution in [0.1, 0.15) is 309 Å². The maximum Gasteiger partial charge on any atom is 0.306 e. The van der Waals surface area contributed by atoms with Gasteiger partial charge in [0, 0.05) is 12.8 Å². The highest BCUT2D eigenvalue weighted by Gasteiger charge is 2.22. The first-order valence-electron chi connectivity index (χ1n) is 33.4. The number of aliphatic carboxylic acids is 1. The fourth-order valence-electron chi connectivity index (χ4n) is 9.64. The van der Waals surface area contributed by atoms with Gasteiger partial charge in [-0.15, -0.1) is 0 Å². The Kier molecular flexibility index (Phi) is 58.7. The van der Waals surface area contributed by atoms with Gasteiger partial charge in [-0.1, -0.05) is 280 Å². The summed E-state index contributed by atoms with van der Waals surface area (Å²) in [6.07, 6.45) is 75.8. The van der Waals surface area contributed by atoms with E-state index in [1.807, 2.05) is 21.1 Å². The molecule has 0 aliphatic rings. The van der Waals surface area contributed by atoms with E-state index in [4.69, 9.17) is 18.9 Å². The highest BCUT2D eigenvalue weighted by Crippen LogP contribution is 2.18. The first-order chi connectivity index (χ1) is 38.6. The molecule has 0 aromatic carbocycles. The number of allylic oxidation sites excluding steroid dienone is 10. The minimum atomic E-state index is -1.62. The van der Waals surface area contributed by atoms with Crippen molar-refractivity contribution in [2.24, 2.45) is 0 Å². The molecule has 0 saturated heterocycles. The number of carbonyl (C=O) groups is 3. The Morgan fingerprint density at radius 3 is 1.09 bits per heavy atom. The molecule has 0 amide bonds. The molecule has 0 spiro atoms. The first-order valence-corrected chi connectivity index (χ1v) is 33.4. The summed E-state index contributed by atoms with van der Waals surface area (Å²) < 4.78 is 22.8. The van der Waals surface area contributed by atoms with Crippen molar-refractivity contribution in [2.45, 2.75) is 322 Å². The highest BCUT2D eigenvalue weighted by molar-refractivity contribution is 5.70. The third kappa shape index (κ3) is 62.4. The van der Waals surface area contributed by atoms with Gasteiger partial charge in [-0.2, -0.15) is 0 Å². The van der Waals surface area contributed by atoms with Crippen molar-refractivity contribution in [3.8, 4) is 0 Å². The number of rotatable bonds is 62. The van der Waals surface area contributed by atoms with Crippen molar-refractivity contribution in [1.29, 1.82) is 0 Å². The van der Waals surface area contributed by atoms with Crippen molar-refractivity contribution < 1.29 is 42.9 Å². The number of carboxylic acid groups (broad SMARTS) is 1. The molecular formula is C70H127NO8. The number of hydrogen-bond acceptors (Lipinski definition) is 8. The van der Waals surface area contributed by atoms with Gasteiger partial charge in [0.25, 0.3) is 0 Å². The van der Waals surface area contributed by atoms with E-state index < -0.39 is 24.3 Å².